The van der Waals surface area contributed by atoms with Crippen LogP contribution in [0.3, 0.4) is 0 Å². The summed E-state index contributed by atoms with van der Waals surface area (Å²) in [5.41, 5.74) is 4.89. The van der Waals surface area contributed by atoms with Crippen molar-refractivity contribution in [2.75, 3.05) is 11.9 Å². The molecular weight excluding hydrogens is 378 g/mol. The summed E-state index contributed by atoms with van der Waals surface area (Å²) in [6.07, 6.45) is -0.646. The number of aromatic carboxylic acids is 1. The maximum Gasteiger partial charge on any atom is 0.411 e. The Kier molecular flexibility index (Phi) is 4.75. The van der Waals surface area contributed by atoms with Crippen LogP contribution in [-0.4, -0.2) is 23.8 Å². The number of amides is 1. The summed E-state index contributed by atoms with van der Waals surface area (Å²) < 4.78 is 5.45. The van der Waals surface area contributed by atoms with Crippen LogP contribution in [0.15, 0.2) is 66.7 Å². The van der Waals surface area contributed by atoms with Gasteiger partial charge in [-0.25, -0.2) is 9.59 Å². The van der Waals surface area contributed by atoms with Crippen molar-refractivity contribution >= 4 is 29.4 Å². The fraction of sp³-hybridized carbons (Fsp3) is 0.0909. The minimum absolute atomic E-state index is 0.0389. The number of benzene rings is 3. The van der Waals surface area contributed by atoms with E-state index in [0.29, 0.717) is 5.69 Å². The first-order valence-electron chi connectivity index (χ1n) is 8.69. The number of fused-ring (bicyclic) bond motifs is 3. The van der Waals surface area contributed by atoms with E-state index in [1.165, 1.54) is 18.2 Å². The third kappa shape index (κ3) is 3.32. The van der Waals surface area contributed by atoms with Crippen molar-refractivity contribution in [3.63, 3.8) is 0 Å². The highest BCUT2D eigenvalue weighted by Crippen LogP contribution is 2.44. The molecule has 2 N–H and O–H groups in total. The molecule has 0 saturated heterocycles. The summed E-state index contributed by atoms with van der Waals surface area (Å²) in [7, 11) is 0. The molecule has 1 amide bonds. The van der Waals surface area contributed by atoms with Crippen LogP contribution in [0.2, 0.25) is 5.02 Å². The normalized spacial score (nSPS) is 12.2. The van der Waals surface area contributed by atoms with Gasteiger partial charge in [0.1, 0.15) is 6.61 Å². The lowest BCUT2D eigenvalue weighted by atomic mass is 9.98. The molecule has 0 fully saturated rings. The summed E-state index contributed by atoms with van der Waals surface area (Å²) in [6, 6.07) is 20.2. The Morgan fingerprint density at radius 2 is 1.57 bits per heavy atom. The van der Waals surface area contributed by atoms with E-state index in [0.717, 1.165) is 22.3 Å². The zero-order valence-corrected chi connectivity index (χ0v) is 15.4. The molecule has 6 heteroatoms. The second kappa shape index (κ2) is 7.37. The van der Waals surface area contributed by atoms with Crippen LogP contribution in [0.25, 0.3) is 11.1 Å². The van der Waals surface area contributed by atoms with Gasteiger partial charge in [0.15, 0.2) is 0 Å². The first-order chi connectivity index (χ1) is 13.5. The summed E-state index contributed by atoms with van der Waals surface area (Å²) in [6.45, 7) is 0.185. The first-order valence-corrected chi connectivity index (χ1v) is 9.07. The molecule has 0 unspecified atom stereocenters. The standard InChI is InChI=1S/C22H16ClNO4/c23-19-11-13(21(25)26)9-10-20(19)24-22(27)28-12-18-16-7-3-1-5-14(16)15-6-2-4-8-17(15)18/h1-11,18H,12H2,(H,24,27)(H,25,26). The number of carboxylic acids is 1. The molecule has 5 nitrogen and oxygen atoms in total. The van der Waals surface area contributed by atoms with Gasteiger partial charge in [-0.15, -0.1) is 0 Å². The Labute approximate surface area is 166 Å². The van der Waals surface area contributed by atoms with Crippen LogP contribution < -0.4 is 5.32 Å². The molecule has 0 radical (unpaired) electrons. The number of carbonyl (C=O) groups excluding carboxylic acids is 1. The number of rotatable bonds is 4. The topological polar surface area (TPSA) is 75.6 Å². The molecule has 0 atom stereocenters. The second-order valence-electron chi connectivity index (χ2n) is 6.45. The molecule has 1 aliphatic rings. The Bertz CT molecular complexity index is 1030. The molecule has 0 heterocycles. The lowest BCUT2D eigenvalue weighted by Crippen LogP contribution is -2.18. The van der Waals surface area contributed by atoms with E-state index in [1.54, 1.807) is 0 Å². The van der Waals surface area contributed by atoms with E-state index in [9.17, 15) is 9.59 Å². The molecule has 4 rings (SSSR count). The fourth-order valence-electron chi connectivity index (χ4n) is 3.49. The third-order valence-electron chi connectivity index (χ3n) is 4.80. The van der Waals surface area contributed by atoms with Gasteiger partial charge in [-0.05, 0) is 40.5 Å². The zero-order valence-electron chi connectivity index (χ0n) is 14.7. The lowest BCUT2D eigenvalue weighted by molar-refractivity contribution is 0.0697. The molecule has 0 aliphatic heterocycles. The fourth-order valence-corrected chi connectivity index (χ4v) is 3.72. The lowest BCUT2D eigenvalue weighted by Gasteiger charge is -2.15. The minimum Gasteiger partial charge on any atom is -0.478 e. The van der Waals surface area contributed by atoms with Crippen molar-refractivity contribution in [1.29, 1.82) is 0 Å². The SMILES string of the molecule is O=C(Nc1ccc(C(=O)O)cc1Cl)OCC1c2ccccc2-c2ccccc21. The van der Waals surface area contributed by atoms with E-state index in [4.69, 9.17) is 21.4 Å². The summed E-state index contributed by atoms with van der Waals surface area (Å²) in [4.78, 5) is 23.2. The van der Waals surface area contributed by atoms with Crippen LogP contribution >= 0.6 is 11.6 Å². The highest BCUT2D eigenvalue weighted by Gasteiger charge is 2.29. The van der Waals surface area contributed by atoms with Crippen molar-refractivity contribution in [1.82, 2.24) is 0 Å². The highest BCUT2D eigenvalue weighted by molar-refractivity contribution is 6.34. The van der Waals surface area contributed by atoms with Crippen molar-refractivity contribution in [3.8, 4) is 11.1 Å². The van der Waals surface area contributed by atoms with Gasteiger partial charge < -0.3 is 9.84 Å². The quantitative estimate of drug-likeness (QED) is 0.622. The Morgan fingerprint density at radius 3 is 2.14 bits per heavy atom. The van der Waals surface area contributed by atoms with Gasteiger partial charge in [0, 0.05) is 5.92 Å². The van der Waals surface area contributed by atoms with Gasteiger partial charge in [-0.3, -0.25) is 5.32 Å². The van der Waals surface area contributed by atoms with Crippen molar-refractivity contribution in [2.24, 2.45) is 0 Å². The predicted octanol–water partition coefficient (Wildman–Crippen LogP) is 5.40. The smallest absolute Gasteiger partial charge is 0.411 e. The van der Waals surface area contributed by atoms with Crippen LogP contribution in [0.4, 0.5) is 10.5 Å². The molecule has 0 saturated carbocycles. The number of nitrogens with one attached hydrogen (secondary N) is 1. The van der Waals surface area contributed by atoms with E-state index in [1.807, 2.05) is 36.4 Å². The van der Waals surface area contributed by atoms with Gasteiger partial charge in [0.2, 0.25) is 0 Å². The Morgan fingerprint density at radius 1 is 0.964 bits per heavy atom. The molecule has 0 bridgehead atoms. The monoisotopic (exact) mass is 393 g/mol. The van der Waals surface area contributed by atoms with E-state index < -0.39 is 12.1 Å². The van der Waals surface area contributed by atoms with Crippen LogP contribution in [0, 0.1) is 0 Å². The van der Waals surface area contributed by atoms with Crippen molar-refractivity contribution in [2.45, 2.75) is 5.92 Å². The molecule has 1 aliphatic carbocycles. The number of hydrogen-bond acceptors (Lipinski definition) is 3. The Hall–Kier alpha value is -3.31. The molecular formula is C22H16ClNO4. The van der Waals surface area contributed by atoms with E-state index in [2.05, 4.69) is 17.4 Å². The number of carbonyl (C=O) groups is 2. The van der Waals surface area contributed by atoms with Gasteiger partial charge in [0.25, 0.3) is 0 Å². The number of hydrogen-bond donors (Lipinski definition) is 2. The summed E-state index contributed by atoms with van der Waals surface area (Å²) in [5.74, 6) is -1.13. The molecule has 0 aromatic heterocycles. The average Bonchev–Trinajstić information content (AvgIpc) is 3.02. The highest BCUT2D eigenvalue weighted by atomic mass is 35.5. The minimum atomic E-state index is -1.09. The summed E-state index contributed by atoms with van der Waals surface area (Å²) in [5, 5.41) is 11.7. The van der Waals surface area contributed by atoms with Gasteiger partial charge in [0.05, 0.1) is 16.3 Å². The van der Waals surface area contributed by atoms with Crippen molar-refractivity contribution < 1.29 is 19.4 Å². The van der Waals surface area contributed by atoms with Gasteiger partial charge >= 0.3 is 12.1 Å². The largest absolute Gasteiger partial charge is 0.478 e. The average molecular weight is 394 g/mol. The van der Waals surface area contributed by atoms with E-state index in [-0.39, 0.29) is 23.1 Å². The summed E-state index contributed by atoms with van der Waals surface area (Å²) >= 11 is 6.05. The van der Waals surface area contributed by atoms with Crippen LogP contribution in [0.5, 0.6) is 0 Å². The van der Waals surface area contributed by atoms with Crippen molar-refractivity contribution in [3.05, 3.63) is 88.4 Å². The number of anilines is 1. The van der Waals surface area contributed by atoms with Crippen LogP contribution in [0.1, 0.15) is 27.4 Å². The number of ether oxygens (including phenoxy) is 1. The van der Waals surface area contributed by atoms with Gasteiger partial charge in [-0.2, -0.15) is 0 Å². The first kappa shape index (κ1) is 18.1. The van der Waals surface area contributed by atoms with Crippen LogP contribution in [-0.2, 0) is 4.74 Å². The molecule has 140 valence electrons. The second-order valence-corrected chi connectivity index (χ2v) is 6.86. The maximum absolute atomic E-state index is 12.3. The van der Waals surface area contributed by atoms with Gasteiger partial charge in [-0.1, -0.05) is 60.1 Å². The molecule has 3 aromatic carbocycles. The number of halogens is 1. The third-order valence-corrected chi connectivity index (χ3v) is 5.11. The predicted molar refractivity (Wildman–Crippen MR) is 107 cm³/mol. The van der Waals surface area contributed by atoms with E-state index >= 15 is 0 Å². The zero-order chi connectivity index (χ0) is 19.7. The number of carboxylic acid groups (broad SMARTS) is 1. The Balaban J connectivity index is 1.48. The maximum atomic E-state index is 12.3. The molecule has 28 heavy (non-hydrogen) atoms. The molecule has 3 aromatic rings. The molecule has 0 spiro atoms.